The maximum absolute atomic E-state index is 13.5. The van der Waals surface area contributed by atoms with Gasteiger partial charge in [-0.1, -0.05) is 12.1 Å². The summed E-state index contributed by atoms with van der Waals surface area (Å²) in [6.45, 7) is 0.215. The number of hydrogen-bond donors (Lipinski definition) is 2. The van der Waals surface area contributed by atoms with Gasteiger partial charge in [-0.25, -0.2) is 12.8 Å². The number of sulfonamides is 1. The lowest BCUT2D eigenvalue weighted by Gasteiger charge is -2.12. The average Bonchev–Trinajstić information content (AvgIpc) is 3.02. The molecule has 2 aromatic carbocycles. The van der Waals surface area contributed by atoms with Crippen molar-refractivity contribution in [3.8, 4) is 11.5 Å². The molecule has 3 rings (SSSR count). The van der Waals surface area contributed by atoms with Crippen LogP contribution in [0.2, 0.25) is 0 Å². The van der Waals surface area contributed by atoms with Crippen molar-refractivity contribution in [2.75, 3.05) is 17.8 Å². The Kier molecular flexibility index (Phi) is 4.49. The van der Waals surface area contributed by atoms with Gasteiger partial charge in [-0.15, -0.1) is 0 Å². The number of nitrogens with one attached hydrogen (secondary N) is 2. The Morgan fingerprint density at radius 2 is 2.04 bits per heavy atom. The molecule has 2 N–H and O–H groups in total. The molecular formula is C16H15FN2O5S. The highest BCUT2D eigenvalue weighted by Gasteiger charge is 2.19. The van der Waals surface area contributed by atoms with Crippen LogP contribution in [-0.2, 0) is 16.6 Å². The summed E-state index contributed by atoms with van der Waals surface area (Å²) in [5.41, 5.74) is 0.576. The highest BCUT2D eigenvalue weighted by atomic mass is 32.2. The van der Waals surface area contributed by atoms with Gasteiger partial charge >= 0.3 is 0 Å². The molecule has 1 amide bonds. The van der Waals surface area contributed by atoms with Gasteiger partial charge in [-0.2, -0.15) is 0 Å². The van der Waals surface area contributed by atoms with Crippen LogP contribution in [-0.4, -0.2) is 27.4 Å². The van der Waals surface area contributed by atoms with Gasteiger partial charge in [0, 0.05) is 12.1 Å². The monoisotopic (exact) mass is 366 g/mol. The van der Waals surface area contributed by atoms with E-state index in [1.54, 1.807) is 18.2 Å². The number of rotatable bonds is 5. The topological polar surface area (TPSA) is 93.7 Å². The van der Waals surface area contributed by atoms with E-state index in [-0.39, 0.29) is 24.6 Å². The summed E-state index contributed by atoms with van der Waals surface area (Å²) in [6, 6.07) is 8.50. The highest BCUT2D eigenvalue weighted by Crippen LogP contribution is 2.35. The molecule has 0 unspecified atom stereocenters. The van der Waals surface area contributed by atoms with E-state index in [1.807, 2.05) is 0 Å². The van der Waals surface area contributed by atoms with Crippen LogP contribution in [0.4, 0.5) is 10.1 Å². The van der Waals surface area contributed by atoms with Crippen LogP contribution in [0.1, 0.15) is 15.9 Å². The molecule has 0 radical (unpaired) electrons. The predicted octanol–water partition coefficient (Wildman–Crippen LogP) is 1.86. The van der Waals surface area contributed by atoms with Gasteiger partial charge in [0.05, 0.1) is 17.5 Å². The first kappa shape index (κ1) is 17.0. The molecule has 0 saturated carbocycles. The van der Waals surface area contributed by atoms with Crippen LogP contribution in [0.3, 0.4) is 0 Å². The van der Waals surface area contributed by atoms with Crippen LogP contribution >= 0.6 is 0 Å². The lowest BCUT2D eigenvalue weighted by atomic mass is 10.1. The normalized spacial score (nSPS) is 12.7. The summed E-state index contributed by atoms with van der Waals surface area (Å²) in [6.07, 6.45) is 0.947. The molecule has 1 aliphatic rings. The van der Waals surface area contributed by atoms with E-state index in [4.69, 9.17) is 9.47 Å². The fourth-order valence-corrected chi connectivity index (χ4v) is 2.97. The minimum atomic E-state index is -3.61. The van der Waals surface area contributed by atoms with E-state index < -0.39 is 21.7 Å². The first-order chi connectivity index (χ1) is 11.8. The van der Waals surface area contributed by atoms with Gasteiger partial charge in [0.15, 0.2) is 11.5 Å². The lowest BCUT2D eigenvalue weighted by molar-refractivity contribution is 0.0951. The molecule has 2 aromatic rings. The van der Waals surface area contributed by atoms with Crippen LogP contribution in [0.5, 0.6) is 11.5 Å². The van der Waals surface area contributed by atoms with Crippen LogP contribution in [0.25, 0.3) is 0 Å². The van der Waals surface area contributed by atoms with Crippen molar-refractivity contribution in [1.29, 1.82) is 0 Å². The quantitative estimate of drug-likeness (QED) is 0.842. The van der Waals surface area contributed by atoms with Crippen LogP contribution in [0.15, 0.2) is 36.4 Å². The summed E-state index contributed by atoms with van der Waals surface area (Å²) in [4.78, 5) is 12.4. The highest BCUT2D eigenvalue weighted by molar-refractivity contribution is 7.92. The summed E-state index contributed by atoms with van der Waals surface area (Å²) < 4.78 is 49.1. The number of carbonyl (C=O) groups excluding carboxylic acids is 1. The summed E-state index contributed by atoms with van der Waals surface area (Å²) in [5.74, 6) is -0.155. The number of halogens is 1. The molecule has 0 aromatic heterocycles. The Balaban J connectivity index is 1.80. The van der Waals surface area contributed by atoms with E-state index in [0.717, 1.165) is 18.4 Å². The molecule has 0 saturated heterocycles. The Hall–Kier alpha value is -2.81. The molecule has 1 heterocycles. The third-order valence-electron chi connectivity index (χ3n) is 3.44. The van der Waals surface area contributed by atoms with E-state index >= 15 is 0 Å². The Morgan fingerprint density at radius 1 is 1.24 bits per heavy atom. The number of benzene rings is 2. The fraction of sp³-hybridized carbons (Fsp3) is 0.188. The molecule has 25 heavy (non-hydrogen) atoms. The van der Waals surface area contributed by atoms with Crippen LogP contribution < -0.4 is 19.5 Å². The van der Waals surface area contributed by atoms with E-state index in [1.165, 1.54) is 6.07 Å². The number of carbonyl (C=O) groups is 1. The van der Waals surface area contributed by atoms with Crippen molar-refractivity contribution in [3.05, 3.63) is 53.3 Å². The second-order valence-electron chi connectivity index (χ2n) is 5.40. The van der Waals surface area contributed by atoms with Crippen molar-refractivity contribution >= 4 is 21.6 Å². The van der Waals surface area contributed by atoms with Crippen molar-refractivity contribution < 1.29 is 27.1 Å². The van der Waals surface area contributed by atoms with Crippen molar-refractivity contribution in [2.24, 2.45) is 0 Å². The smallest absolute Gasteiger partial charge is 0.253 e. The predicted molar refractivity (Wildman–Crippen MR) is 88.6 cm³/mol. The SMILES string of the molecule is CS(=O)(=O)Nc1ccc(F)cc1C(=O)NCc1cccc2c1OCO2. The first-order valence-corrected chi connectivity index (χ1v) is 9.15. The third-order valence-corrected chi connectivity index (χ3v) is 4.03. The largest absolute Gasteiger partial charge is 0.454 e. The molecule has 0 atom stereocenters. The average molecular weight is 366 g/mol. The second kappa shape index (κ2) is 6.60. The summed E-state index contributed by atoms with van der Waals surface area (Å²) in [7, 11) is -3.61. The van der Waals surface area contributed by atoms with Gasteiger partial charge in [-0.3, -0.25) is 9.52 Å². The van der Waals surface area contributed by atoms with E-state index in [2.05, 4.69) is 10.0 Å². The first-order valence-electron chi connectivity index (χ1n) is 7.26. The third kappa shape index (κ3) is 4.00. The van der Waals surface area contributed by atoms with E-state index in [9.17, 15) is 17.6 Å². The fourth-order valence-electron chi connectivity index (χ4n) is 2.39. The maximum Gasteiger partial charge on any atom is 0.253 e. The molecule has 132 valence electrons. The zero-order valence-corrected chi connectivity index (χ0v) is 14.0. The zero-order valence-electron chi connectivity index (χ0n) is 13.2. The molecule has 0 spiro atoms. The molecule has 0 fully saturated rings. The lowest BCUT2D eigenvalue weighted by Crippen LogP contribution is -2.25. The number of fused-ring (bicyclic) bond motifs is 1. The maximum atomic E-state index is 13.5. The standard InChI is InChI=1S/C16H15FN2O5S/c1-25(21,22)19-13-6-5-11(17)7-12(13)16(20)18-8-10-3-2-4-14-15(10)24-9-23-14/h2-7,19H,8-9H2,1H3,(H,18,20). The Morgan fingerprint density at radius 3 is 2.80 bits per heavy atom. The number of anilines is 1. The van der Waals surface area contributed by atoms with Crippen LogP contribution in [0, 0.1) is 5.82 Å². The summed E-state index contributed by atoms with van der Waals surface area (Å²) >= 11 is 0. The van der Waals surface area contributed by atoms with E-state index in [0.29, 0.717) is 17.1 Å². The van der Waals surface area contributed by atoms with Gasteiger partial charge in [0.25, 0.3) is 5.91 Å². The molecule has 9 heteroatoms. The number of hydrogen-bond acceptors (Lipinski definition) is 5. The molecule has 0 aliphatic carbocycles. The molecule has 0 bridgehead atoms. The molecule has 7 nitrogen and oxygen atoms in total. The van der Waals surface area contributed by atoms with Gasteiger partial charge in [0.1, 0.15) is 5.82 Å². The Bertz CT molecular complexity index is 930. The minimum absolute atomic E-state index is 0.000672. The number of ether oxygens (including phenoxy) is 2. The number of para-hydroxylation sites is 1. The molecule has 1 aliphatic heterocycles. The van der Waals surface area contributed by atoms with Gasteiger partial charge < -0.3 is 14.8 Å². The van der Waals surface area contributed by atoms with Gasteiger partial charge in [-0.05, 0) is 24.3 Å². The van der Waals surface area contributed by atoms with Crippen molar-refractivity contribution in [2.45, 2.75) is 6.54 Å². The zero-order chi connectivity index (χ0) is 18.0. The summed E-state index contributed by atoms with van der Waals surface area (Å²) in [5, 5.41) is 2.62. The number of amides is 1. The minimum Gasteiger partial charge on any atom is -0.454 e. The Labute approximate surface area is 143 Å². The second-order valence-corrected chi connectivity index (χ2v) is 7.15. The molecular weight excluding hydrogens is 351 g/mol. The van der Waals surface area contributed by atoms with Crippen molar-refractivity contribution in [3.63, 3.8) is 0 Å². The van der Waals surface area contributed by atoms with Gasteiger partial charge in [0.2, 0.25) is 16.8 Å². The van der Waals surface area contributed by atoms with Crippen molar-refractivity contribution in [1.82, 2.24) is 5.32 Å².